The quantitative estimate of drug-likeness (QED) is 0.502. The summed E-state index contributed by atoms with van der Waals surface area (Å²) in [5.41, 5.74) is 0.622. The van der Waals surface area contributed by atoms with Crippen LogP contribution in [0, 0.1) is 5.41 Å². The van der Waals surface area contributed by atoms with Crippen molar-refractivity contribution in [2.75, 3.05) is 11.5 Å². The minimum Gasteiger partial charge on any atom is -0.0941 e. The van der Waals surface area contributed by atoms with Crippen LogP contribution in [0.2, 0.25) is 0 Å². The predicted molar refractivity (Wildman–Crippen MR) is 47.9 cm³/mol. The van der Waals surface area contributed by atoms with E-state index in [0.717, 1.165) is 0 Å². The van der Waals surface area contributed by atoms with Crippen molar-refractivity contribution < 1.29 is 0 Å². The SMILES string of the molecule is CC1(C)CCSSCC1. The van der Waals surface area contributed by atoms with Gasteiger partial charge in [0.1, 0.15) is 0 Å². The van der Waals surface area contributed by atoms with Gasteiger partial charge in [-0.3, -0.25) is 0 Å². The van der Waals surface area contributed by atoms with E-state index in [-0.39, 0.29) is 0 Å². The molecule has 0 radical (unpaired) electrons. The molecule has 0 aromatic carbocycles. The summed E-state index contributed by atoms with van der Waals surface area (Å²) in [6, 6.07) is 0. The van der Waals surface area contributed by atoms with Crippen molar-refractivity contribution in [3.05, 3.63) is 0 Å². The first-order valence-corrected chi connectivity index (χ1v) is 5.94. The third kappa shape index (κ3) is 2.85. The van der Waals surface area contributed by atoms with Crippen LogP contribution in [0.1, 0.15) is 26.7 Å². The van der Waals surface area contributed by atoms with Crippen molar-refractivity contribution in [1.82, 2.24) is 0 Å². The zero-order chi connectivity index (χ0) is 6.74. The van der Waals surface area contributed by atoms with Gasteiger partial charge in [0.25, 0.3) is 0 Å². The van der Waals surface area contributed by atoms with Gasteiger partial charge in [-0.2, -0.15) is 0 Å². The maximum Gasteiger partial charge on any atom is 0.00420 e. The highest BCUT2D eigenvalue weighted by atomic mass is 33.1. The molecule has 0 amide bonds. The lowest BCUT2D eigenvalue weighted by Gasteiger charge is -2.20. The molecule has 0 N–H and O–H groups in total. The molecule has 0 aromatic heterocycles. The third-order valence-corrected chi connectivity index (χ3v) is 4.22. The Morgan fingerprint density at radius 1 is 1.00 bits per heavy atom. The van der Waals surface area contributed by atoms with E-state index in [2.05, 4.69) is 13.8 Å². The van der Waals surface area contributed by atoms with E-state index in [9.17, 15) is 0 Å². The molecule has 0 aliphatic carbocycles. The molecule has 0 aromatic rings. The first-order chi connectivity index (χ1) is 4.21. The Hall–Kier alpha value is 0.700. The van der Waals surface area contributed by atoms with Crippen molar-refractivity contribution in [2.45, 2.75) is 26.7 Å². The standard InChI is InChI=1S/C7H14S2/c1-7(2)3-5-8-9-6-4-7/h3-6H2,1-2H3. The molecule has 1 aliphatic heterocycles. The van der Waals surface area contributed by atoms with Crippen LogP contribution in [0.5, 0.6) is 0 Å². The smallest absolute Gasteiger partial charge is 0.00420 e. The van der Waals surface area contributed by atoms with Crippen LogP contribution in [0.15, 0.2) is 0 Å². The highest BCUT2D eigenvalue weighted by Gasteiger charge is 2.19. The Balaban J connectivity index is 2.36. The second-order valence-corrected chi connectivity index (χ2v) is 6.01. The summed E-state index contributed by atoms with van der Waals surface area (Å²) in [6.45, 7) is 4.75. The second kappa shape index (κ2) is 3.20. The molecule has 0 nitrogen and oxygen atoms in total. The van der Waals surface area contributed by atoms with Crippen LogP contribution in [-0.2, 0) is 0 Å². The zero-order valence-corrected chi connectivity index (χ0v) is 7.78. The van der Waals surface area contributed by atoms with Crippen LogP contribution >= 0.6 is 21.6 Å². The zero-order valence-electron chi connectivity index (χ0n) is 6.14. The molecule has 1 aliphatic rings. The maximum absolute atomic E-state index is 2.37. The van der Waals surface area contributed by atoms with E-state index in [1.165, 1.54) is 24.3 Å². The summed E-state index contributed by atoms with van der Waals surface area (Å²) < 4.78 is 0. The van der Waals surface area contributed by atoms with Crippen LogP contribution in [0.3, 0.4) is 0 Å². The van der Waals surface area contributed by atoms with Gasteiger partial charge in [-0.05, 0) is 18.3 Å². The Morgan fingerprint density at radius 2 is 1.44 bits per heavy atom. The van der Waals surface area contributed by atoms with E-state index >= 15 is 0 Å². The van der Waals surface area contributed by atoms with Gasteiger partial charge < -0.3 is 0 Å². The largest absolute Gasteiger partial charge is 0.0941 e. The summed E-state index contributed by atoms with van der Waals surface area (Å²) >= 11 is 0. The van der Waals surface area contributed by atoms with Gasteiger partial charge in [0.05, 0.1) is 0 Å². The van der Waals surface area contributed by atoms with Crippen molar-refractivity contribution in [3.8, 4) is 0 Å². The molecule has 0 unspecified atom stereocenters. The molecule has 1 saturated heterocycles. The molecule has 1 rings (SSSR count). The molecular weight excluding hydrogens is 148 g/mol. The van der Waals surface area contributed by atoms with E-state index in [4.69, 9.17) is 0 Å². The first kappa shape index (κ1) is 7.80. The van der Waals surface area contributed by atoms with Crippen LogP contribution in [0.4, 0.5) is 0 Å². The Morgan fingerprint density at radius 3 is 1.89 bits per heavy atom. The monoisotopic (exact) mass is 162 g/mol. The van der Waals surface area contributed by atoms with E-state index < -0.39 is 0 Å². The lowest BCUT2D eigenvalue weighted by molar-refractivity contribution is 0.346. The van der Waals surface area contributed by atoms with Crippen molar-refractivity contribution in [1.29, 1.82) is 0 Å². The lowest BCUT2D eigenvalue weighted by Crippen LogP contribution is -2.11. The average molecular weight is 162 g/mol. The summed E-state index contributed by atoms with van der Waals surface area (Å²) in [6.07, 6.45) is 2.79. The predicted octanol–water partition coefficient (Wildman–Crippen LogP) is 3.19. The van der Waals surface area contributed by atoms with Gasteiger partial charge in [-0.15, -0.1) is 0 Å². The summed E-state index contributed by atoms with van der Waals surface area (Å²) in [4.78, 5) is 0. The molecule has 1 fully saturated rings. The number of rotatable bonds is 0. The highest BCUT2D eigenvalue weighted by molar-refractivity contribution is 8.76. The fourth-order valence-electron chi connectivity index (χ4n) is 0.879. The van der Waals surface area contributed by atoms with Crippen LogP contribution in [-0.4, -0.2) is 11.5 Å². The molecule has 9 heavy (non-hydrogen) atoms. The maximum atomic E-state index is 2.37. The summed E-state index contributed by atoms with van der Waals surface area (Å²) in [7, 11) is 4.07. The van der Waals surface area contributed by atoms with Crippen molar-refractivity contribution >= 4 is 21.6 Å². The van der Waals surface area contributed by atoms with Crippen molar-refractivity contribution in [3.63, 3.8) is 0 Å². The normalized spacial score (nSPS) is 27.3. The molecule has 0 spiro atoms. The van der Waals surface area contributed by atoms with Crippen LogP contribution < -0.4 is 0 Å². The van der Waals surface area contributed by atoms with Crippen LogP contribution in [0.25, 0.3) is 0 Å². The summed E-state index contributed by atoms with van der Waals surface area (Å²) in [5.74, 6) is 2.69. The molecule has 2 heteroatoms. The molecule has 1 heterocycles. The third-order valence-electron chi connectivity index (χ3n) is 1.81. The molecule has 0 atom stereocenters. The Labute approximate surface area is 65.6 Å². The van der Waals surface area contributed by atoms with Gasteiger partial charge in [0, 0.05) is 11.5 Å². The van der Waals surface area contributed by atoms with E-state index in [1.54, 1.807) is 0 Å². The van der Waals surface area contributed by atoms with E-state index in [0.29, 0.717) is 5.41 Å². The minimum absolute atomic E-state index is 0.622. The Bertz CT molecular complexity index is 78.9. The first-order valence-electron chi connectivity index (χ1n) is 3.45. The highest BCUT2D eigenvalue weighted by Crippen LogP contribution is 2.37. The van der Waals surface area contributed by atoms with Crippen molar-refractivity contribution in [2.24, 2.45) is 5.41 Å². The Kier molecular flexibility index (Phi) is 2.77. The molecule has 54 valence electrons. The molecule has 0 bridgehead atoms. The molecular formula is C7H14S2. The van der Waals surface area contributed by atoms with Gasteiger partial charge >= 0.3 is 0 Å². The minimum atomic E-state index is 0.622. The number of hydrogen-bond donors (Lipinski definition) is 0. The molecule has 0 saturated carbocycles. The number of hydrogen-bond acceptors (Lipinski definition) is 2. The topological polar surface area (TPSA) is 0 Å². The van der Waals surface area contributed by atoms with E-state index in [1.807, 2.05) is 21.6 Å². The fourth-order valence-corrected chi connectivity index (χ4v) is 3.59. The van der Waals surface area contributed by atoms with Gasteiger partial charge in [0.2, 0.25) is 0 Å². The van der Waals surface area contributed by atoms with Gasteiger partial charge in [0.15, 0.2) is 0 Å². The van der Waals surface area contributed by atoms with Gasteiger partial charge in [-0.25, -0.2) is 0 Å². The second-order valence-electron chi connectivity index (χ2n) is 3.31. The lowest BCUT2D eigenvalue weighted by atomic mass is 9.87. The van der Waals surface area contributed by atoms with Gasteiger partial charge in [-0.1, -0.05) is 35.4 Å². The summed E-state index contributed by atoms with van der Waals surface area (Å²) in [5, 5.41) is 0. The average Bonchev–Trinajstić information content (AvgIpc) is 1.92. The fraction of sp³-hybridized carbons (Fsp3) is 1.00.